The molecule has 0 N–H and O–H groups in total. The van der Waals surface area contributed by atoms with Crippen LogP contribution in [0.1, 0.15) is 52.2 Å². The Morgan fingerprint density at radius 2 is 1.16 bits per heavy atom. The molecule has 0 saturated heterocycles. The zero-order valence-corrected chi connectivity index (χ0v) is 16.2. The molecule has 0 spiro atoms. The van der Waals surface area contributed by atoms with E-state index in [0.717, 1.165) is 6.42 Å². The quantitative estimate of drug-likeness (QED) is 0.570. The van der Waals surface area contributed by atoms with E-state index in [1.54, 1.807) is 0 Å². The van der Waals surface area contributed by atoms with Crippen molar-refractivity contribution < 1.29 is 0 Å². The van der Waals surface area contributed by atoms with Crippen LogP contribution in [0.15, 0.2) is 84.5 Å². The molecule has 0 saturated carbocycles. The lowest BCUT2D eigenvalue weighted by Gasteiger charge is -2.56. The molecule has 130 valence electrons. The molecule has 0 heteroatoms. The lowest BCUT2D eigenvalue weighted by molar-refractivity contribution is 0.107. The Hall–Kier alpha value is -2.08. The molecule has 1 aliphatic rings. The Bertz CT molecular complexity index is 728. The van der Waals surface area contributed by atoms with Crippen molar-refractivity contribution in [1.29, 1.82) is 0 Å². The molecule has 3 rings (SSSR count). The fraction of sp³-hybridized carbons (Fsp3) is 0.360. The second-order valence-electron chi connectivity index (χ2n) is 8.65. The largest absolute Gasteiger partial charge is 0.0804 e. The Morgan fingerprint density at radius 3 is 1.52 bits per heavy atom. The van der Waals surface area contributed by atoms with Gasteiger partial charge >= 0.3 is 0 Å². The molecule has 0 unspecified atom stereocenters. The van der Waals surface area contributed by atoms with Crippen molar-refractivity contribution in [3.8, 4) is 0 Å². The smallest absolute Gasteiger partial charge is 0.0342 e. The minimum atomic E-state index is -0.136. The van der Waals surface area contributed by atoms with Crippen LogP contribution in [0.25, 0.3) is 0 Å². The highest BCUT2D eigenvalue weighted by Crippen LogP contribution is 2.60. The molecule has 0 amide bonds. The van der Waals surface area contributed by atoms with Crippen molar-refractivity contribution in [2.45, 2.75) is 46.5 Å². The summed E-state index contributed by atoms with van der Waals surface area (Å²) in [7, 11) is 0. The van der Waals surface area contributed by atoms with E-state index < -0.39 is 0 Å². The number of benzene rings is 2. The molecule has 0 bridgehead atoms. The van der Waals surface area contributed by atoms with Crippen LogP contribution in [-0.2, 0) is 5.41 Å². The van der Waals surface area contributed by atoms with Gasteiger partial charge < -0.3 is 0 Å². The van der Waals surface area contributed by atoms with E-state index in [1.165, 1.54) is 16.7 Å². The van der Waals surface area contributed by atoms with Crippen molar-refractivity contribution >= 4 is 0 Å². The van der Waals surface area contributed by atoms with Crippen LogP contribution in [0.4, 0.5) is 0 Å². The van der Waals surface area contributed by atoms with Crippen LogP contribution >= 0.6 is 0 Å². The lowest BCUT2D eigenvalue weighted by atomic mass is 9.46. The van der Waals surface area contributed by atoms with E-state index in [0.29, 0.717) is 0 Å². The van der Waals surface area contributed by atoms with Crippen molar-refractivity contribution in [1.82, 2.24) is 0 Å². The predicted octanol–water partition coefficient (Wildman–Crippen LogP) is 6.93. The van der Waals surface area contributed by atoms with E-state index in [-0.39, 0.29) is 16.2 Å². The summed E-state index contributed by atoms with van der Waals surface area (Å²) < 4.78 is 0. The summed E-state index contributed by atoms with van der Waals surface area (Å²) in [6, 6.07) is 22.1. The topological polar surface area (TPSA) is 0 Å². The molecule has 0 radical (unpaired) electrons. The number of hydrogen-bond donors (Lipinski definition) is 0. The highest BCUT2D eigenvalue weighted by molar-refractivity contribution is 5.50. The van der Waals surface area contributed by atoms with Gasteiger partial charge in [-0.2, -0.15) is 0 Å². The van der Waals surface area contributed by atoms with Crippen LogP contribution in [0.3, 0.4) is 0 Å². The lowest BCUT2D eigenvalue weighted by Crippen LogP contribution is -2.53. The molecule has 1 aliphatic carbocycles. The van der Waals surface area contributed by atoms with E-state index in [2.05, 4.69) is 114 Å². The Kier molecular flexibility index (Phi) is 4.49. The normalized spacial score (nSPS) is 15.3. The SMILES string of the molecule is CC(C)(C)C(c1ccccc1)(c1ccccc1)C(C)(C)C1=CCC=C1. The standard InChI is InChI=1S/C25H30/c1-23(2,3)25(21-16-8-6-9-17-21,22-18-10-7-11-19-22)24(4,5)20-14-12-13-15-20/h6-12,14-19H,13H2,1-5H3. The van der Waals surface area contributed by atoms with E-state index >= 15 is 0 Å². The summed E-state index contributed by atoms with van der Waals surface area (Å²) in [5, 5.41) is 0. The zero-order chi connectivity index (χ0) is 18.1. The Labute approximate surface area is 153 Å². The molecule has 0 atom stereocenters. The molecule has 2 aromatic carbocycles. The van der Waals surface area contributed by atoms with Crippen LogP contribution in [0.2, 0.25) is 0 Å². The van der Waals surface area contributed by atoms with Crippen molar-refractivity contribution in [2.75, 3.05) is 0 Å². The van der Waals surface area contributed by atoms with Crippen LogP contribution < -0.4 is 0 Å². The average Bonchev–Trinajstić information content (AvgIpc) is 3.11. The number of rotatable bonds is 4. The van der Waals surface area contributed by atoms with E-state index in [1.807, 2.05) is 0 Å². The first-order chi connectivity index (χ1) is 11.8. The second-order valence-corrected chi connectivity index (χ2v) is 8.65. The van der Waals surface area contributed by atoms with Gasteiger partial charge in [0.25, 0.3) is 0 Å². The minimum absolute atomic E-state index is 0.0382. The first kappa shape index (κ1) is 17.7. The molecule has 0 aromatic heterocycles. The van der Waals surface area contributed by atoms with Gasteiger partial charge in [0.1, 0.15) is 0 Å². The van der Waals surface area contributed by atoms with E-state index in [9.17, 15) is 0 Å². The van der Waals surface area contributed by atoms with Gasteiger partial charge in [0.2, 0.25) is 0 Å². The summed E-state index contributed by atoms with van der Waals surface area (Å²) in [6.45, 7) is 12.0. The number of allylic oxidation sites excluding steroid dienone is 4. The van der Waals surface area contributed by atoms with Gasteiger partial charge in [-0.15, -0.1) is 0 Å². The first-order valence-corrected chi connectivity index (χ1v) is 9.30. The molecule has 0 heterocycles. The summed E-state index contributed by atoms with van der Waals surface area (Å²) in [5.74, 6) is 0. The van der Waals surface area contributed by atoms with Crippen LogP contribution in [0, 0.1) is 10.8 Å². The van der Waals surface area contributed by atoms with Gasteiger partial charge in [-0.05, 0) is 28.5 Å². The first-order valence-electron chi connectivity index (χ1n) is 9.30. The predicted molar refractivity (Wildman–Crippen MR) is 109 cm³/mol. The Morgan fingerprint density at radius 1 is 0.680 bits per heavy atom. The van der Waals surface area contributed by atoms with Crippen molar-refractivity contribution in [2.24, 2.45) is 10.8 Å². The van der Waals surface area contributed by atoms with Crippen LogP contribution in [0.5, 0.6) is 0 Å². The third-order valence-corrected chi connectivity index (χ3v) is 5.97. The van der Waals surface area contributed by atoms with Gasteiger partial charge in [-0.3, -0.25) is 0 Å². The van der Waals surface area contributed by atoms with Gasteiger partial charge in [-0.1, -0.05) is 114 Å². The summed E-state index contributed by atoms with van der Waals surface area (Å²) in [5.41, 5.74) is 4.08. The summed E-state index contributed by atoms with van der Waals surface area (Å²) in [4.78, 5) is 0. The van der Waals surface area contributed by atoms with Crippen molar-refractivity contribution in [3.05, 3.63) is 95.6 Å². The van der Waals surface area contributed by atoms with Crippen LogP contribution in [-0.4, -0.2) is 0 Å². The number of hydrogen-bond acceptors (Lipinski definition) is 0. The molecule has 0 aliphatic heterocycles. The molecule has 2 aromatic rings. The maximum atomic E-state index is 2.42. The fourth-order valence-electron chi connectivity index (χ4n) is 5.21. The maximum absolute atomic E-state index is 2.42. The molecular weight excluding hydrogens is 300 g/mol. The monoisotopic (exact) mass is 330 g/mol. The highest BCUT2D eigenvalue weighted by Gasteiger charge is 2.56. The molecule has 0 fully saturated rings. The zero-order valence-electron chi connectivity index (χ0n) is 16.2. The van der Waals surface area contributed by atoms with Crippen molar-refractivity contribution in [3.63, 3.8) is 0 Å². The van der Waals surface area contributed by atoms with Gasteiger partial charge in [-0.25, -0.2) is 0 Å². The highest BCUT2D eigenvalue weighted by atomic mass is 14.6. The average molecular weight is 331 g/mol. The minimum Gasteiger partial charge on any atom is -0.0804 e. The summed E-state index contributed by atoms with van der Waals surface area (Å²) >= 11 is 0. The van der Waals surface area contributed by atoms with E-state index in [4.69, 9.17) is 0 Å². The molecule has 25 heavy (non-hydrogen) atoms. The third kappa shape index (κ3) is 2.68. The maximum Gasteiger partial charge on any atom is 0.0342 e. The van der Waals surface area contributed by atoms with Gasteiger partial charge in [0.15, 0.2) is 0 Å². The Balaban J connectivity index is 2.40. The van der Waals surface area contributed by atoms with Gasteiger partial charge in [0.05, 0.1) is 0 Å². The molecular formula is C25H30. The third-order valence-electron chi connectivity index (χ3n) is 5.97. The molecule has 0 nitrogen and oxygen atoms in total. The van der Waals surface area contributed by atoms with Gasteiger partial charge in [0, 0.05) is 10.8 Å². The second kappa shape index (κ2) is 6.33. The fourth-order valence-corrected chi connectivity index (χ4v) is 5.21. The summed E-state index contributed by atoms with van der Waals surface area (Å²) in [6.07, 6.45) is 8.04.